The Morgan fingerprint density at radius 2 is 1.88 bits per heavy atom. The summed E-state index contributed by atoms with van der Waals surface area (Å²) in [6, 6.07) is 9.44. The summed E-state index contributed by atoms with van der Waals surface area (Å²) in [5, 5.41) is 1.24. The molecule has 0 N–H and O–H groups in total. The maximum Gasteiger partial charge on any atom is 0.276 e. The molecule has 1 saturated heterocycles. The van der Waals surface area contributed by atoms with Gasteiger partial charge in [-0.05, 0) is 56.8 Å². The van der Waals surface area contributed by atoms with E-state index in [1.54, 1.807) is 11.0 Å². The summed E-state index contributed by atoms with van der Waals surface area (Å²) >= 11 is 11.6. The Hall–Kier alpha value is -2.11. The van der Waals surface area contributed by atoms with Gasteiger partial charge in [-0.25, -0.2) is 0 Å². The molecule has 0 unspecified atom stereocenters. The third kappa shape index (κ3) is 3.10. The molecule has 1 aromatic heterocycles. The number of furan rings is 1. The zero-order valence-electron chi connectivity index (χ0n) is 14.4. The number of thiocarbonyl (C=S) groups is 1. The second kappa shape index (κ2) is 7.02. The largest absolute Gasteiger partial charge is 0.457 e. The number of amides is 1. The normalized spacial score (nSPS) is 16.4. The quantitative estimate of drug-likeness (QED) is 0.573. The van der Waals surface area contributed by atoms with Crippen LogP contribution in [-0.2, 0) is 4.79 Å². The molecule has 1 aliphatic heterocycles. The number of nitrogens with zero attached hydrogens (tertiary/aromatic N) is 2. The molecule has 0 spiro atoms. The van der Waals surface area contributed by atoms with Crippen molar-refractivity contribution in [1.29, 1.82) is 0 Å². The maximum atomic E-state index is 12.6. The van der Waals surface area contributed by atoms with E-state index in [-0.39, 0.29) is 5.91 Å². The van der Waals surface area contributed by atoms with Crippen molar-refractivity contribution in [1.82, 2.24) is 9.80 Å². The average molecular weight is 375 g/mol. The molecule has 6 heteroatoms. The van der Waals surface area contributed by atoms with Crippen LogP contribution in [0.15, 0.2) is 40.4 Å². The topological polar surface area (TPSA) is 36.7 Å². The average Bonchev–Trinajstić information content (AvgIpc) is 3.14. The summed E-state index contributed by atoms with van der Waals surface area (Å²) in [7, 11) is 0. The summed E-state index contributed by atoms with van der Waals surface area (Å²) in [5.41, 5.74) is 2.44. The highest BCUT2D eigenvalue weighted by Crippen LogP contribution is 2.31. The number of likely N-dealkylation sites (N-methyl/N-ethyl adjacent to an activating group) is 2. The van der Waals surface area contributed by atoms with E-state index in [1.807, 2.05) is 56.0 Å². The van der Waals surface area contributed by atoms with Crippen LogP contribution in [0.5, 0.6) is 0 Å². The number of benzene rings is 1. The van der Waals surface area contributed by atoms with E-state index < -0.39 is 0 Å². The molecule has 4 nitrogen and oxygen atoms in total. The van der Waals surface area contributed by atoms with Gasteiger partial charge in [-0.2, -0.15) is 0 Å². The highest BCUT2D eigenvalue weighted by Gasteiger charge is 2.36. The van der Waals surface area contributed by atoms with Crippen molar-refractivity contribution in [3.8, 4) is 11.3 Å². The van der Waals surface area contributed by atoms with E-state index in [2.05, 4.69) is 0 Å². The maximum absolute atomic E-state index is 12.6. The number of hydrogen-bond donors (Lipinski definition) is 0. The van der Waals surface area contributed by atoms with Gasteiger partial charge in [0, 0.05) is 29.8 Å². The van der Waals surface area contributed by atoms with Gasteiger partial charge in [0.1, 0.15) is 17.2 Å². The fourth-order valence-electron chi connectivity index (χ4n) is 2.90. The Labute approximate surface area is 157 Å². The smallest absolute Gasteiger partial charge is 0.276 e. The van der Waals surface area contributed by atoms with Crippen LogP contribution in [-0.4, -0.2) is 33.9 Å². The van der Waals surface area contributed by atoms with Crippen LogP contribution in [0, 0.1) is 6.92 Å². The van der Waals surface area contributed by atoms with Gasteiger partial charge in [-0.15, -0.1) is 0 Å². The van der Waals surface area contributed by atoms with Gasteiger partial charge in [0.2, 0.25) is 0 Å². The number of carbonyl (C=O) groups excluding carboxylic acids is 1. The molecule has 0 bridgehead atoms. The summed E-state index contributed by atoms with van der Waals surface area (Å²) in [6.45, 7) is 7.02. The predicted octanol–water partition coefficient (Wildman–Crippen LogP) is 4.72. The molecule has 1 aliphatic rings. The molecular formula is C19H19ClN2O2S. The van der Waals surface area contributed by atoms with Crippen LogP contribution in [0.1, 0.15) is 25.2 Å². The van der Waals surface area contributed by atoms with Gasteiger partial charge in [0.25, 0.3) is 5.91 Å². The van der Waals surface area contributed by atoms with Crippen molar-refractivity contribution in [2.24, 2.45) is 0 Å². The van der Waals surface area contributed by atoms with E-state index in [4.69, 9.17) is 28.2 Å². The van der Waals surface area contributed by atoms with Crippen molar-refractivity contribution in [3.05, 3.63) is 52.4 Å². The minimum absolute atomic E-state index is 0.0914. The van der Waals surface area contributed by atoms with E-state index >= 15 is 0 Å². The number of halogens is 1. The summed E-state index contributed by atoms with van der Waals surface area (Å²) in [4.78, 5) is 16.0. The van der Waals surface area contributed by atoms with E-state index in [9.17, 15) is 4.79 Å². The van der Waals surface area contributed by atoms with Crippen molar-refractivity contribution < 1.29 is 9.21 Å². The van der Waals surface area contributed by atoms with Gasteiger partial charge < -0.3 is 9.32 Å². The van der Waals surface area contributed by atoms with Crippen molar-refractivity contribution >= 4 is 40.9 Å². The van der Waals surface area contributed by atoms with Gasteiger partial charge in [0.15, 0.2) is 5.11 Å². The lowest BCUT2D eigenvalue weighted by Crippen LogP contribution is -2.32. The Balaban J connectivity index is 1.97. The first-order valence-electron chi connectivity index (χ1n) is 8.18. The van der Waals surface area contributed by atoms with Gasteiger partial charge in [-0.1, -0.05) is 23.7 Å². The molecule has 2 aromatic rings. The second-order valence-electron chi connectivity index (χ2n) is 5.72. The first kappa shape index (κ1) is 17.7. The summed E-state index contributed by atoms with van der Waals surface area (Å²) in [5.74, 6) is 1.23. The minimum atomic E-state index is -0.0914. The molecule has 0 saturated carbocycles. The van der Waals surface area contributed by atoms with Crippen LogP contribution in [0.3, 0.4) is 0 Å². The van der Waals surface area contributed by atoms with Crippen molar-refractivity contribution in [2.75, 3.05) is 13.1 Å². The lowest BCUT2D eigenvalue weighted by atomic mass is 10.1. The first-order valence-corrected chi connectivity index (χ1v) is 8.96. The molecule has 0 atom stereocenters. The van der Waals surface area contributed by atoms with Crippen molar-refractivity contribution in [2.45, 2.75) is 20.8 Å². The molecule has 25 heavy (non-hydrogen) atoms. The van der Waals surface area contributed by atoms with Crippen LogP contribution >= 0.6 is 23.8 Å². The van der Waals surface area contributed by atoms with Crippen molar-refractivity contribution in [3.63, 3.8) is 0 Å². The molecule has 0 radical (unpaired) electrons. The molecule has 1 aromatic carbocycles. The van der Waals surface area contributed by atoms with Gasteiger partial charge in [0.05, 0.1) is 0 Å². The lowest BCUT2D eigenvalue weighted by Gasteiger charge is -2.16. The van der Waals surface area contributed by atoms with Crippen LogP contribution in [0.4, 0.5) is 0 Å². The van der Waals surface area contributed by atoms with Gasteiger partial charge >= 0.3 is 0 Å². The lowest BCUT2D eigenvalue weighted by molar-refractivity contribution is -0.122. The van der Waals surface area contributed by atoms with Crippen LogP contribution in [0.25, 0.3) is 17.4 Å². The molecule has 3 rings (SSSR count). The standard InChI is InChI=1S/C19H19ClN2O2S/c1-4-21-16(18(23)22(5-2)19(21)25)11-13-9-10-17(24-13)14-7-6-8-15(20)12(14)3/h6-11H,4-5H2,1-3H3/b16-11-. The molecule has 130 valence electrons. The molecule has 1 fully saturated rings. The fourth-order valence-corrected chi connectivity index (χ4v) is 3.51. The third-order valence-corrected chi connectivity index (χ3v) is 5.14. The Morgan fingerprint density at radius 3 is 2.56 bits per heavy atom. The molecule has 2 heterocycles. The number of rotatable bonds is 4. The minimum Gasteiger partial charge on any atom is -0.457 e. The number of hydrogen-bond acceptors (Lipinski definition) is 3. The SMILES string of the molecule is CCN1C(=O)/C(=C/c2ccc(-c3cccc(Cl)c3C)o2)N(CC)C1=S. The van der Waals surface area contributed by atoms with E-state index in [0.29, 0.717) is 34.7 Å². The predicted molar refractivity (Wildman–Crippen MR) is 104 cm³/mol. The Morgan fingerprint density at radius 1 is 1.16 bits per heavy atom. The van der Waals surface area contributed by atoms with Crippen LogP contribution < -0.4 is 0 Å². The zero-order valence-corrected chi connectivity index (χ0v) is 15.9. The highest BCUT2D eigenvalue weighted by molar-refractivity contribution is 7.80. The molecule has 0 aliphatic carbocycles. The Bertz CT molecular complexity index is 872. The first-order chi connectivity index (χ1) is 12.0. The summed E-state index contributed by atoms with van der Waals surface area (Å²) < 4.78 is 5.94. The molecular weight excluding hydrogens is 356 g/mol. The van der Waals surface area contributed by atoms with E-state index in [0.717, 1.165) is 16.9 Å². The third-order valence-electron chi connectivity index (χ3n) is 4.29. The monoisotopic (exact) mass is 374 g/mol. The second-order valence-corrected chi connectivity index (χ2v) is 6.49. The zero-order chi connectivity index (χ0) is 18.1. The molecule has 1 amide bonds. The van der Waals surface area contributed by atoms with Crippen LogP contribution in [0.2, 0.25) is 5.02 Å². The fraction of sp³-hybridized carbons (Fsp3) is 0.263. The van der Waals surface area contributed by atoms with E-state index in [1.165, 1.54) is 0 Å². The number of carbonyl (C=O) groups is 1. The Kier molecular flexibility index (Phi) is 4.97. The van der Waals surface area contributed by atoms with Gasteiger partial charge in [-0.3, -0.25) is 9.69 Å². The summed E-state index contributed by atoms with van der Waals surface area (Å²) in [6.07, 6.45) is 1.75. The highest BCUT2D eigenvalue weighted by atomic mass is 35.5.